The molecular weight excluding hydrogens is 324 g/mol. The van der Waals surface area contributed by atoms with Gasteiger partial charge >= 0.3 is 12.0 Å². The van der Waals surface area contributed by atoms with E-state index in [0.29, 0.717) is 17.9 Å². The van der Waals surface area contributed by atoms with Crippen LogP contribution in [0.15, 0.2) is 24.3 Å². The number of carbonyl (C=O) groups excluding carboxylic acids is 3. The van der Waals surface area contributed by atoms with Gasteiger partial charge in [-0.3, -0.25) is 10.1 Å². The fraction of sp³-hybridized carbons (Fsp3) is 0.500. The molecule has 1 aliphatic rings. The fourth-order valence-electron chi connectivity index (χ4n) is 2.58. The molecule has 2 N–H and O–H groups in total. The highest BCUT2D eigenvalue weighted by atomic mass is 16.5. The Morgan fingerprint density at radius 3 is 2.44 bits per heavy atom. The average molecular weight is 348 g/mol. The molecule has 1 saturated carbocycles. The summed E-state index contributed by atoms with van der Waals surface area (Å²) in [5, 5.41) is 4.89. The normalized spacial score (nSPS) is 14.0. The lowest BCUT2D eigenvalue weighted by Crippen LogP contribution is -2.44. The SMILES string of the molecule is CCCOc1ccc(C(=O)OCC(=O)NC(=O)NC2CCCC2)cc1. The van der Waals surface area contributed by atoms with Gasteiger partial charge in [-0.1, -0.05) is 19.8 Å². The summed E-state index contributed by atoms with van der Waals surface area (Å²) in [4.78, 5) is 35.2. The van der Waals surface area contributed by atoms with Crippen LogP contribution < -0.4 is 15.4 Å². The van der Waals surface area contributed by atoms with Crippen LogP contribution in [0.5, 0.6) is 5.75 Å². The number of urea groups is 1. The van der Waals surface area contributed by atoms with Crippen molar-refractivity contribution >= 4 is 17.9 Å². The molecule has 136 valence electrons. The predicted molar refractivity (Wildman–Crippen MR) is 91.4 cm³/mol. The number of hydrogen-bond donors (Lipinski definition) is 2. The number of ether oxygens (including phenoxy) is 2. The van der Waals surface area contributed by atoms with Gasteiger partial charge in [0.1, 0.15) is 5.75 Å². The summed E-state index contributed by atoms with van der Waals surface area (Å²) in [5.41, 5.74) is 0.312. The van der Waals surface area contributed by atoms with Crippen LogP contribution in [0.4, 0.5) is 4.79 Å². The Labute approximate surface area is 147 Å². The molecule has 1 fully saturated rings. The van der Waals surface area contributed by atoms with Crippen molar-refractivity contribution in [2.45, 2.75) is 45.1 Å². The maximum Gasteiger partial charge on any atom is 0.338 e. The van der Waals surface area contributed by atoms with Crippen LogP contribution in [0.1, 0.15) is 49.4 Å². The molecule has 1 aromatic carbocycles. The van der Waals surface area contributed by atoms with Crippen LogP contribution in [0.3, 0.4) is 0 Å². The summed E-state index contributed by atoms with van der Waals surface area (Å²) in [6.45, 7) is 2.10. The van der Waals surface area contributed by atoms with E-state index in [-0.39, 0.29) is 6.04 Å². The lowest BCUT2D eigenvalue weighted by Gasteiger charge is -2.12. The maximum absolute atomic E-state index is 11.9. The molecule has 1 aliphatic carbocycles. The number of esters is 1. The minimum atomic E-state index is -0.660. The number of amides is 3. The Hall–Kier alpha value is -2.57. The molecule has 0 bridgehead atoms. The molecule has 0 spiro atoms. The van der Waals surface area contributed by atoms with Gasteiger partial charge in [-0.15, -0.1) is 0 Å². The molecule has 0 heterocycles. The Morgan fingerprint density at radius 2 is 1.80 bits per heavy atom. The number of benzene rings is 1. The van der Waals surface area contributed by atoms with Gasteiger partial charge in [0, 0.05) is 6.04 Å². The van der Waals surface area contributed by atoms with Crippen molar-refractivity contribution in [1.29, 1.82) is 0 Å². The standard InChI is InChI=1S/C18H24N2O5/c1-2-11-24-15-9-7-13(8-10-15)17(22)25-12-16(21)20-18(23)19-14-5-3-4-6-14/h7-10,14H,2-6,11-12H2,1H3,(H2,19,20,21,23). The Bertz CT molecular complexity index is 594. The van der Waals surface area contributed by atoms with E-state index in [1.165, 1.54) is 0 Å². The minimum absolute atomic E-state index is 0.115. The van der Waals surface area contributed by atoms with Crippen LogP contribution in [-0.2, 0) is 9.53 Å². The van der Waals surface area contributed by atoms with E-state index >= 15 is 0 Å². The number of nitrogens with one attached hydrogen (secondary N) is 2. The van der Waals surface area contributed by atoms with Gasteiger partial charge < -0.3 is 14.8 Å². The van der Waals surface area contributed by atoms with E-state index in [4.69, 9.17) is 9.47 Å². The van der Waals surface area contributed by atoms with Gasteiger partial charge in [0.2, 0.25) is 0 Å². The van der Waals surface area contributed by atoms with Gasteiger partial charge in [0.25, 0.3) is 5.91 Å². The molecule has 0 unspecified atom stereocenters. The minimum Gasteiger partial charge on any atom is -0.494 e. The van der Waals surface area contributed by atoms with E-state index in [0.717, 1.165) is 32.1 Å². The van der Waals surface area contributed by atoms with Crippen molar-refractivity contribution in [2.75, 3.05) is 13.2 Å². The van der Waals surface area contributed by atoms with Crippen molar-refractivity contribution in [3.63, 3.8) is 0 Å². The number of carbonyl (C=O) groups is 3. The second-order valence-corrected chi connectivity index (χ2v) is 5.95. The first kappa shape index (κ1) is 18.8. The van der Waals surface area contributed by atoms with Crippen molar-refractivity contribution in [2.24, 2.45) is 0 Å². The summed E-state index contributed by atoms with van der Waals surface area (Å²) >= 11 is 0. The molecule has 3 amide bonds. The van der Waals surface area contributed by atoms with Crippen molar-refractivity contribution in [3.8, 4) is 5.75 Å². The molecule has 25 heavy (non-hydrogen) atoms. The number of rotatable bonds is 7. The van der Waals surface area contributed by atoms with Crippen LogP contribution >= 0.6 is 0 Å². The molecule has 0 saturated heterocycles. The molecule has 2 rings (SSSR count). The van der Waals surface area contributed by atoms with Gasteiger partial charge in [-0.25, -0.2) is 9.59 Å². The first-order chi connectivity index (χ1) is 12.1. The highest BCUT2D eigenvalue weighted by Gasteiger charge is 2.18. The zero-order valence-electron chi connectivity index (χ0n) is 14.4. The van der Waals surface area contributed by atoms with E-state index in [1.54, 1.807) is 24.3 Å². The second-order valence-electron chi connectivity index (χ2n) is 5.95. The van der Waals surface area contributed by atoms with E-state index < -0.39 is 24.5 Å². The summed E-state index contributed by atoms with van der Waals surface area (Å²) in [5.74, 6) is -0.625. The second kappa shape index (κ2) is 9.66. The van der Waals surface area contributed by atoms with Crippen molar-refractivity contribution in [3.05, 3.63) is 29.8 Å². The van der Waals surface area contributed by atoms with Crippen LogP contribution in [-0.4, -0.2) is 37.2 Å². The van der Waals surface area contributed by atoms with Crippen LogP contribution in [0, 0.1) is 0 Å². The van der Waals surface area contributed by atoms with E-state index in [2.05, 4.69) is 10.6 Å². The van der Waals surface area contributed by atoms with E-state index in [1.807, 2.05) is 6.92 Å². The predicted octanol–water partition coefficient (Wildman–Crippen LogP) is 2.40. The lowest BCUT2D eigenvalue weighted by molar-refractivity contribution is -0.123. The largest absolute Gasteiger partial charge is 0.494 e. The highest BCUT2D eigenvalue weighted by molar-refractivity contribution is 5.97. The molecule has 7 nitrogen and oxygen atoms in total. The van der Waals surface area contributed by atoms with Crippen LogP contribution in [0.25, 0.3) is 0 Å². The van der Waals surface area contributed by atoms with E-state index in [9.17, 15) is 14.4 Å². The molecule has 0 aliphatic heterocycles. The summed E-state index contributed by atoms with van der Waals surface area (Å²) in [7, 11) is 0. The number of hydrogen-bond acceptors (Lipinski definition) is 5. The first-order valence-electron chi connectivity index (χ1n) is 8.59. The Kier molecular flexibility index (Phi) is 7.25. The zero-order valence-corrected chi connectivity index (χ0v) is 14.4. The monoisotopic (exact) mass is 348 g/mol. The average Bonchev–Trinajstić information content (AvgIpc) is 3.11. The van der Waals surface area contributed by atoms with Gasteiger partial charge in [0.05, 0.1) is 12.2 Å². The Balaban J connectivity index is 1.71. The van der Waals surface area contributed by atoms with Gasteiger partial charge in [-0.05, 0) is 43.5 Å². The third-order valence-corrected chi connectivity index (χ3v) is 3.84. The molecule has 0 aromatic heterocycles. The van der Waals surface area contributed by atoms with Gasteiger partial charge in [0.15, 0.2) is 6.61 Å². The first-order valence-corrected chi connectivity index (χ1v) is 8.59. The zero-order chi connectivity index (χ0) is 18.1. The third-order valence-electron chi connectivity index (χ3n) is 3.84. The quantitative estimate of drug-likeness (QED) is 0.738. The highest BCUT2D eigenvalue weighted by Crippen LogP contribution is 2.17. The molecule has 7 heteroatoms. The lowest BCUT2D eigenvalue weighted by atomic mass is 10.2. The summed E-state index contributed by atoms with van der Waals surface area (Å²) in [6.07, 6.45) is 4.91. The Morgan fingerprint density at radius 1 is 1.12 bits per heavy atom. The smallest absolute Gasteiger partial charge is 0.338 e. The van der Waals surface area contributed by atoms with Crippen LogP contribution in [0.2, 0.25) is 0 Å². The fourth-order valence-corrected chi connectivity index (χ4v) is 2.58. The third kappa shape index (κ3) is 6.45. The molecular formula is C18H24N2O5. The van der Waals surface area contributed by atoms with Crippen molar-refractivity contribution in [1.82, 2.24) is 10.6 Å². The molecule has 1 aromatic rings. The number of imide groups is 1. The summed E-state index contributed by atoms with van der Waals surface area (Å²) < 4.78 is 10.3. The molecule has 0 atom stereocenters. The van der Waals surface area contributed by atoms with Gasteiger partial charge in [-0.2, -0.15) is 0 Å². The molecule has 0 radical (unpaired) electrons. The topological polar surface area (TPSA) is 93.7 Å². The summed E-state index contributed by atoms with van der Waals surface area (Å²) in [6, 6.07) is 6.04. The van der Waals surface area contributed by atoms with Crippen molar-refractivity contribution < 1.29 is 23.9 Å². The maximum atomic E-state index is 11.9.